The highest BCUT2D eigenvalue weighted by molar-refractivity contribution is 8.01. The molecule has 3 rings (SSSR count). The molecular weight excluding hydrogens is 434 g/mol. The third-order valence-corrected chi connectivity index (χ3v) is 6.37. The molecule has 10 heteroatoms. The Balaban J connectivity index is 1.41. The van der Waals surface area contributed by atoms with Crippen molar-refractivity contribution in [3.63, 3.8) is 0 Å². The van der Waals surface area contributed by atoms with Crippen molar-refractivity contribution in [2.45, 2.75) is 24.7 Å². The summed E-state index contributed by atoms with van der Waals surface area (Å²) in [7, 11) is 1.63. The van der Waals surface area contributed by atoms with Gasteiger partial charge in [0, 0.05) is 12.2 Å². The molecule has 0 saturated heterocycles. The number of benzene rings is 2. The number of imide groups is 1. The van der Waals surface area contributed by atoms with Crippen LogP contribution >= 0.6 is 23.1 Å². The van der Waals surface area contributed by atoms with Gasteiger partial charge in [-0.25, -0.2) is 4.79 Å². The molecule has 162 valence electrons. The number of nitrogens with zero attached hydrogens (tertiary/aromatic N) is 2. The van der Waals surface area contributed by atoms with Crippen molar-refractivity contribution in [1.82, 2.24) is 15.5 Å². The van der Waals surface area contributed by atoms with Crippen LogP contribution in [0.5, 0.6) is 5.75 Å². The van der Waals surface area contributed by atoms with E-state index in [-0.39, 0.29) is 5.75 Å². The lowest BCUT2D eigenvalue weighted by Crippen LogP contribution is -2.35. The number of anilines is 2. The highest BCUT2D eigenvalue weighted by Gasteiger charge is 2.11. The van der Waals surface area contributed by atoms with Gasteiger partial charge in [0.15, 0.2) is 4.34 Å². The van der Waals surface area contributed by atoms with E-state index in [0.717, 1.165) is 22.4 Å². The number of hydrogen-bond donors (Lipinski definition) is 3. The molecular formula is C21H23N5O3S2. The Labute approximate surface area is 188 Å². The first-order valence-corrected chi connectivity index (χ1v) is 11.2. The van der Waals surface area contributed by atoms with Crippen LogP contribution < -0.4 is 20.7 Å². The number of amides is 3. The van der Waals surface area contributed by atoms with Gasteiger partial charge in [-0.1, -0.05) is 41.3 Å². The number of aryl methyl sites for hydroxylation is 2. The zero-order valence-electron chi connectivity index (χ0n) is 17.4. The average molecular weight is 458 g/mol. The second kappa shape index (κ2) is 10.8. The van der Waals surface area contributed by atoms with E-state index in [9.17, 15) is 9.59 Å². The molecule has 0 saturated carbocycles. The monoisotopic (exact) mass is 457 g/mol. The number of hydrogen-bond acceptors (Lipinski definition) is 8. The van der Waals surface area contributed by atoms with Crippen molar-refractivity contribution in [3.05, 3.63) is 59.2 Å². The van der Waals surface area contributed by atoms with Crippen molar-refractivity contribution in [2.24, 2.45) is 0 Å². The van der Waals surface area contributed by atoms with E-state index < -0.39 is 11.9 Å². The molecule has 0 aliphatic carbocycles. The third kappa shape index (κ3) is 6.97. The quantitative estimate of drug-likeness (QED) is 0.435. The summed E-state index contributed by atoms with van der Waals surface area (Å²) in [5, 5.41) is 17.0. The second-order valence-electron chi connectivity index (χ2n) is 6.66. The second-order valence-corrected chi connectivity index (χ2v) is 8.86. The van der Waals surface area contributed by atoms with Crippen molar-refractivity contribution >= 4 is 45.9 Å². The molecule has 0 spiro atoms. The van der Waals surface area contributed by atoms with E-state index in [1.54, 1.807) is 13.2 Å². The molecule has 1 heterocycles. The number of carbonyl (C=O) groups excluding carboxylic acids is 2. The Kier molecular flexibility index (Phi) is 7.85. The number of nitrogens with one attached hydrogen (secondary N) is 3. The van der Waals surface area contributed by atoms with E-state index in [1.165, 1.54) is 23.1 Å². The molecule has 0 aliphatic rings. The number of ether oxygens (including phenoxy) is 1. The first-order valence-electron chi connectivity index (χ1n) is 9.44. The Morgan fingerprint density at radius 2 is 1.84 bits per heavy atom. The molecule has 0 fully saturated rings. The molecule has 31 heavy (non-hydrogen) atoms. The van der Waals surface area contributed by atoms with Crippen molar-refractivity contribution < 1.29 is 14.3 Å². The van der Waals surface area contributed by atoms with Crippen LogP contribution in [0, 0.1) is 13.8 Å². The summed E-state index contributed by atoms with van der Waals surface area (Å²) in [6.07, 6.45) is 0. The molecule has 8 nitrogen and oxygen atoms in total. The fraction of sp³-hybridized carbons (Fsp3) is 0.238. The predicted octanol–water partition coefficient (Wildman–Crippen LogP) is 4.22. The average Bonchev–Trinajstić information content (AvgIpc) is 3.21. The fourth-order valence-electron chi connectivity index (χ4n) is 2.53. The smallest absolute Gasteiger partial charge is 0.325 e. The Hall–Kier alpha value is -3.11. The lowest BCUT2D eigenvalue weighted by atomic mass is 10.1. The van der Waals surface area contributed by atoms with Gasteiger partial charge in [0.25, 0.3) is 0 Å². The first kappa shape index (κ1) is 22.6. The molecule has 1 aromatic heterocycles. The highest BCUT2D eigenvalue weighted by atomic mass is 32.2. The minimum absolute atomic E-state index is 0.0630. The Morgan fingerprint density at radius 1 is 1.06 bits per heavy atom. The van der Waals surface area contributed by atoms with Gasteiger partial charge in [0.1, 0.15) is 5.75 Å². The Bertz CT molecular complexity index is 1050. The van der Waals surface area contributed by atoms with Gasteiger partial charge in [0.05, 0.1) is 12.9 Å². The van der Waals surface area contributed by atoms with Gasteiger partial charge in [0.2, 0.25) is 11.0 Å². The van der Waals surface area contributed by atoms with E-state index in [2.05, 4.69) is 26.1 Å². The first-order chi connectivity index (χ1) is 14.9. The molecule has 3 aromatic rings. The minimum atomic E-state index is -0.562. The summed E-state index contributed by atoms with van der Waals surface area (Å²) in [6, 6.07) is 12.7. The van der Waals surface area contributed by atoms with Gasteiger partial charge in [-0.2, -0.15) is 0 Å². The maximum Gasteiger partial charge on any atom is 0.325 e. The number of carbonyl (C=O) groups is 2. The summed E-state index contributed by atoms with van der Waals surface area (Å²) >= 11 is 2.58. The SMILES string of the molecule is COc1ccc(CNc2nnc(SCC(=O)NC(=O)Nc3ccc(C)c(C)c3)s2)cc1. The zero-order valence-corrected chi connectivity index (χ0v) is 19.0. The number of thioether (sulfide) groups is 1. The summed E-state index contributed by atoms with van der Waals surface area (Å²) < 4.78 is 5.78. The number of rotatable bonds is 8. The minimum Gasteiger partial charge on any atom is -0.497 e. The maximum absolute atomic E-state index is 12.0. The predicted molar refractivity (Wildman–Crippen MR) is 124 cm³/mol. The van der Waals surface area contributed by atoms with Crippen LogP contribution in [-0.2, 0) is 11.3 Å². The topological polar surface area (TPSA) is 105 Å². The maximum atomic E-state index is 12.0. The van der Waals surface area contributed by atoms with Crippen LogP contribution in [0.15, 0.2) is 46.8 Å². The highest BCUT2D eigenvalue weighted by Crippen LogP contribution is 2.25. The Morgan fingerprint density at radius 3 is 2.55 bits per heavy atom. The molecule has 0 bridgehead atoms. The summed E-state index contributed by atoms with van der Waals surface area (Å²) in [6.45, 7) is 4.55. The fourth-order valence-corrected chi connectivity index (χ4v) is 4.08. The number of aromatic nitrogens is 2. The van der Waals surface area contributed by atoms with Gasteiger partial charge >= 0.3 is 6.03 Å². The summed E-state index contributed by atoms with van der Waals surface area (Å²) in [4.78, 5) is 24.0. The molecule has 0 atom stereocenters. The molecule has 0 radical (unpaired) electrons. The van der Waals surface area contributed by atoms with E-state index in [0.29, 0.717) is 21.7 Å². The standard InChI is InChI=1S/C21H23N5O3S2/c1-13-4-7-16(10-14(13)2)23-19(28)24-18(27)12-30-21-26-25-20(31-21)22-11-15-5-8-17(29-3)9-6-15/h4-10H,11-12H2,1-3H3,(H,22,25)(H2,23,24,27,28). The molecule has 0 unspecified atom stereocenters. The lowest BCUT2D eigenvalue weighted by molar-refractivity contribution is -0.117. The van der Waals surface area contributed by atoms with E-state index in [4.69, 9.17) is 4.74 Å². The molecule has 3 N–H and O–H groups in total. The molecule has 3 amide bonds. The van der Waals surface area contributed by atoms with Crippen LogP contribution in [0.2, 0.25) is 0 Å². The summed E-state index contributed by atoms with van der Waals surface area (Å²) in [5.41, 5.74) is 3.91. The number of methoxy groups -OCH3 is 1. The van der Waals surface area contributed by atoms with Crippen molar-refractivity contribution in [1.29, 1.82) is 0 Å². The van der Waals surface area contributed by atoms with Gasteiger partial charge in [-0.15, -0.1) is 10.2 Å². The van der Waals surface area contributed by atoms with Gasteiger partial charge < -0.3 is 15.4 Å². The van der Waals surface area contributed by atoms with Crippen LogP contribution in [0.25, 0.3) is 0 Å². The van der Waals surface area contributed by atoms with Crippen molar-refractivity contribution in [3.8, 4) is 5.75 Å². The lowest BCUT2D eigenvalue weighted by Gasteiger charge is -2.08. The molecule has 2 aromatic carbocycles. The third-order valence-electron chi connectivity index (χ3n) is 4.35. The van der Waals surface area contributed by atoms with E-state index in [1.807, 2.05) is 50.2 Å². The molecule has 0 aliphatic heterocycles. The van der Waals surface area contributed by atoms with Crippen LogP contribution in [0.4, 0.5) is 15.6 Å². The number of urea groups is 1. The van der Waals surface area contributed by atoms with Gasteiger partial charge in [-0.3, -0.25) is 10.1 Å². The van der Waals surface area contributed by atoms with Crippen molar-refractivity contribution in [2.75, 3.05) is 23.5 Å². The van der Waals surface area contributed by atoms with Gasteiger partial charge in [-0.05, 0) is 54.8 Å². The van der Waals surface area contributed by atoms with Crippen LogP contribution in [-0.4, -0.2) is 35.0 Å². The van der Waals surface area contributed by atoms with Crippen LogP contribution in [0.1, 0.15) is 16.7 Å². The summed E-state index contributed by atoms with van der Waals surface area (Å²) in [5.74, 6) is 0.460. The van der Waals surface area contributed by atoms with Crippen LogP contribution in [0.3, 0.4) is 0 Å². The normalized spacial score (nSPS) is 10.4. The largest absolute Gasteiger partial charge is 0.497 e. The zero-order chi connectivity index (χ0) is 22.2. The van der Waals surface area contributed by atoms with E-state index >= 15 is 0 Å².